The van der Waals surface area contributed by atoms with Crippen molar-refractivity contribution in [1.82, 2.24) is 9.21 Å². The molecule has 1 amide bonds. The zero-order valence-corrected chi connectivity index (χ0v) is 16.4. The fourth-order valence-corrected chi connectivity index (χ4v) is 5.55. The molecule has 0 saturated carbocycles. The average molecular weight is 381 g/mol. The number of piperidine rings is 2. The van der Waals surface area contributed by atoms with Crippen molar-refractivity contribution in [1.29, 1.82) is 0 Å². The molecule has 2 aliphatic rings. The molecule has 7 heteroatoms. The SMILES string of the molecule is COc1ccc(C)cc1S(=O)(=O)N1CCC(C(=O)N2CCCCC2)CC1. The predicted octanol–water partition coefficient (Wildman–Crippen LogP) is 2.42. The Labute approximate surface area is 156 Å². The van der Waals surface area contributed by atoms with E-state index in [1.165, 1.54) is 17.8 Å². The Balaban J connectivity index is 1.69. The standard InChI is InChI=1S/C19H28N2O4S/c1-15-6-7-17(25-2)18(14-15)26(23,24)21-12-8-16(9-13-21)19(22)20-10-4-3-5-11-20/h6-7,14,16H,3-5,8-13H2,1-2H3. The van der Waals surface area contributed by atoms with Crippen LogP contribution in [0.2, 0.25) is 0 Å². The van der Waals surface area contributed by atoms with Crippen LogP contribution >= 0.6 is 0 Å². The van der Waals surface area contributed by atoms with Crippen molar-refractivity contribution >= 4 is 15.9 Å². The number of carbonyl (C=O) groups is 1. The Kier molecular flexibility index (Phi) is 5.87. The molecule has 26 heavy (non-hydrogen) atoms. The highest BCUT2D eigenvalue weighted by atomic mass is 32.2. The van der Waals surface area contributed by atoms with Gasteiger partial charge in [-0.05, 0) is 56.7 Å². The molecule has 2 fully saturated rings. The van der Waals surface area contributed by atoms with Crippen LogP contribution in [0.15, 0.2) is 23.1 Å². The van der Waals surface area contributed by atoms with Gasteiger partial charge in [-0.3, -0.25) is 4.79 Å². The first-order valence-corrected chi connectivity index (χ1v) is 10.8. The predicted molar refractivity (Wildman–Crippen MR) is 99.6 cm³/mol. The van der Waals surface area contributed by atoms with Gasteiger partial charge in [-0.2, -0.15) is 4.31 Å². The molecule has 144 valence electrons. The van der Waals surface area contributed by atoms with Crippen molar-refractivity contribution in [2.45, 2.75) is 43.9 Å². The second-order valence-electron chi connectivity index (χ2n) is 7.22. The maximum absolute atomic E-state index is 13.0. The minimum Gasteiger partial charge on any atom is -0.495 e. The molecule has 6 nitrogen and oxygen atoms in total. The lowest BCUT2D eigenvalue weighted by Gasteiger charge is -2.35. The number of rotatable bonds is 4. The lowest BCUT2D eigenvalue weighted by Crippen LogP contribution is -2.45. The normalized spacial score (nSPS) is 20.2. The maximum atomic E-state index is 13.0. The molecular formula is C19H28N2O4S. The number of hydrogen-bond acceptors (Lipinski definition) is 4. The van der Waals surface area contributed by atoms with E-state index in [0.29, 0.717) is 31.7 Å². The molecule has 0 spiro atoms. The summed E-state index contributed by atoms with van der Waals surface area (Å²) in [5, 5.41) is 0. The molecule has 0 atom stereocenters. The van der Waals surface area contributed by atoms with E-state index < -0.39 is 10.0 Å². The van der Waals surface area contributed by atoms with E-state index in [4.69, 9.17) is 4.74 Å². The van der Waals surface area contributed by atoms with Crippen LogP contribution in [0.1, 0.15) is 37.7 Å². The third-order valence-electron chi connectivity index (χ3n) is 5.41. The van der Waals surface area contributed by atoms with Gasteiger partial charge in [-0.15, -0.1) is 0 Å². The van der Waals surface area contributed by atoms with Crippen LogP contribution in [0.5, 0.6) is 5.75 Å². The topological polar surface area (TPSA) is 66.9 Å². The summed E-state index contributed by atoms with van der Waals surface area (Å²) in [5.74, 6) is 0.510. The van der Waals surface area contributed by atoms with Gasteiger partial charge in [0.05, 0.1) is 7.11 Å². The van der Waals surface area contributed by atoms with E-state index in [0.717, 1.165) is 31.5 Å². The zero-order chi connectivity index (χ0) is 18.7. The van der Waals surface area contributed by atoms with Crippen LogP contribution in [-0.2, 0) is 14.8 Å². The van der Waals surface area contributed by atoms with Crippen molar-refractivity contribution in [2.75, 3.05) is 33.3 Å². The van der Waals surface area contributed by atoms with Gasteiger partial charge in [-0.1, -0.05) is 6.07 Å². The second-order valence-corrected chi connectivity index (χ2v) is 9.12. The second kappa shape index (κ2) is 7.96. The van der Waals surface area contributed by atoms with Gasteiger partial charge in [0.1, 0.15) is 10.6 Å². The molecule has 1 aromatic carbocycles. The number of amides is 1. The highest BCUT2D eigenvalue weighted by Gasteiger charge is 2.35. The van der Waals surface area contributed by atoms with Crippen molar-refractivity contribution in [2.24, 2.45) is 5.92 Å². The number of ether oxygens (including phenoxy) is 1. The van der Waals surface area contributed by atoms with Crippen molar-refractivity contribution in [3.63, 3.8) is 0 Å². The van der Waals surface area contributed by atoms with Crippen LogP contribution in [0, 0.1) is 12.8 Å². The highest BCUT2D eigenvalue weighted by Crippen LogP contribution is 2.31. The summed E-state index contributed by atoms with van der Waals surface area (Å²) in [6, 6.07) is 5.18. The third kappa shape index (κ3) is 3.88. The van der Waals surface area contributed by atoms with Gasteiger partial charge < -0.3 is 9.64 Å². The lowest BCUT2D eigenvalue weighted by atomic mass is 9.95. The lowest BCUT2D eigenvalue weighted by molar-refractivity contribution is -0.137. The fraction of sp³-hybridized carbons (Fsp3) is 0.632. The number of sulfonamides is 1. The van der Waals surface area contributed by atoms with Gasteiger partial charge in [-0.25, -0.2) is 8.42 Å². The monoisotopic (exact) mass is 380 g/mol. The maximum Gasteiger partial charge on any atom is 0.246 e. The number of aryl methyl sites for hydroxylation is 1. The Morgan fingerprint density at radius 3 is 2.35 bits per heavy atom. The van der Waals surface area contributed by atoms with Crippen LogP contribution in [0.25, 0.3) is 0 Å². The first-order valence-electron chi connectivity index (χ1n) is 9.37. The summed E-state index contributed by atoms with van der Waals surface area (Å²) in [6.07, 6.45) is 4.52. The van der Waals surface area contributed by atoms with Crippen LogP contribution in [0.4, 0.5) is 0 Å². The Morgan fingerprint density at radius 2 is 1.73 bits per heavy atom. The smallest absolute Gasteiger partial charge is 0.246 e. The average Bonchev–Trinajstić information content (AvgIpc) is 2.68. The number of likely N-dealkylation sites (tertiary alicyclic amines) is 1. The Hall–Kier alpha value is -1.60. The highest BCUT2D eigenvalue weighted by molar-refractivity contribution is 7.89. The van der Waals surface area contributed by atoms with E-state index in [9.17, 15) is 13.2 Å². The minimum atomic E-state index is -3.62. The number of nitrogens with zero attached hydrogens (tertiary/aromatic N) is 2. The molecular weight excluding hydrogens is 352 g/mol. The summed E-state index contributed by atoms with van der Waals surface area (Å²) in [6.45, 7) is 4.31. The molecule has 2 heterocycles. The largest absolute Gasteiger partial charge is 0.495 e. The minimum absolute atomic E-state index is 0.0565. The molecule has 3 rings (SSSR count). The summed E-state index contributed by atoms with van der Waals surface area (Å²) < 4.78 is 32.8. The Morgan fingerprint density at radius 1 is 1.08 bits per heavy atom. The summed E-state index contributed by atoms with van der Waals surface area (Å²) >= 11 is 0. The molecule has 0 aliphatic carbocycles. The number of methoxy groups -OCH3 is 1. The van der Waals surface area contributed by atoms with E-state index in [1.807, 2.05) is 17.9 Å². The van der Waals surface area contributed by atoms with Gasteiger partial charge >= 0.3 is 0 Å². The van der Waals surface area contributed by atoms with Crippen LogP contribution < -0.4 is 4.74 Å². The third-order valence-corrected chi connectivity index (χ3v) is 7.33. The molecule has 0 bridgehead atoms. The zero-order valence-electron chi connectivity index (χ0n) is 15.6. The number of carbonyl (C=O) groups excluding carboxylic acids is 1. The molecule has 2 aliphatic heterocycles. The molecule has 2 saturated heterocycles. The first-order chi connectivity index (χ1) is 12.4. The molecule has 0 unspecified atom stereocenters. The molecule has 0 N–H and O–H groups in total. The summed E-state index contributed by atoms with van der Waals surface area (Å²) in [7, 11) is -2.14. The van der Waals surface area contributed by atoms with Gasteiger partial charge in [0, 0.05) is 32.1 Å². The van der Waals surface area contributed by atoms with Crippen molar-refractivity contribution < 1.29 is 17.9 Å². The number of hydrogen-bond donors (Lipinski definition) is 0. The quantitative estimate of drug-likeness (QED) is 0.805. The van der Waals surface area contributed by atoms with Gasteiger partial charge in [0.25, 0.3) is 0 Å². The van der Waals surface area contributed by atoms with Crippen LogP contribution in [-0.4, -0.2) is 56.8 Å². The van der Waals surface area contributed by atoms with Gasteiger partial charge in [0.15, 0.2) is 0 Å². The van der Waals surface area contributed by atoms with E-state index in [-0.39, 0.29) is 16.7 Å². The first kappa shape index (κ1) is 19.2. The molecule has 0 aromatic heterocycles. The van der Waals surface area contributed by atoms with E-state index in [1.54, 1.807) is 12.1 Å². The number of benzene rings is 1. The summed E-state index contributed by atoms with van der Waals surface area (Å²) in [5.41, 5.74) is 0.875. The van der Waals surface area contributed by atoms with Crippen LogP contribution in [0.3, 0.4) is 0 Å². The molecule has 0 radical (unpaired) electrons. The molecule has 1 aromatic rings. The Bertz CT molecular complexity index is 749. The van der Waals surface area contributed by atoms with E-state index in [2.05, 4.69) is 0 Å². The fourth-order valence-electron chi connectivity index (χ4n) is 3.84. The van der Waals surface area contributed by atoms with E-state index >= 15 is 0 Å². The van der Waals surface area contributed by atoms with Crippen molar-refractivity contribution in [3.8, 4) is 5.75 Å². The summed E-state index contributed by atoms with van der Waals surface area (Å²) in [4.78, 5) is 14.8. The van der Waals surface area contributed by atoms with Gasteiger partial charge in [0.2, 0.25) is 15.9 Å². The van der Waals surface area contributed by atoms with Crippen molar-refractivity contribution in [3.05, 3.63) is 23.8 Å².